The van der Waals surface area contributed by atoms with E-state index in [2.05, 4.69) is 11.8 Å². The van der Waals surface area contributed by atoms with Crippen molar-refractivity contribution >= 4 is 5.91 Å². The molecule has 0 spiro atoms. The molecule has 2 aliphatic rings. The van der Waals surface area contributed by atoms with Crippen molar-refractivity contribution in [1.29, 1.82) is 0 Å². The van der Waals surface area contributed by atoms with Crippen LogP contribution in [0.4, 0.5) is 0 Å². The molecule has 3 nitrogen and oxygen atoms in total. The van der Waals surface area contributed by atoms with Gasteiger partial charge >= 0.3 is 0 Å². The molecule has 3 heteroatoms. The van der Waals surface area contributed by atoms with Crippen LogP contribution < -0.4 is 0 Å². The fraction of sp³-hybridized carbons (Fsp3) is 0.933. The van der Waals surface area contributed by atoms with E-state index in [0.29, 0.717) is 18.4 Å². The van der Waals surface area contributed by atoms with Crippen LogP contribution in [0.2, 0.25) is 0 Å². The standard InChI is InChI=1S/C15H28N2O/c1-13-5-7-14(8-6-13)16(2)15(18)9-12-17-10-3-4-11-17/h13-14H,3-12H2,1-2H3/t13-,14-. The minimum Gasteiger partial charge on any atom is -0.343 e. The molecule has 1 heterocycles. The summed E-state index contributed by atoms with van der Waals surface area (Å²) < 4.78 is 0. The fourth-order valence-electron chi connectivity index (χ4n) is 3.27. The van der Waals surface area contributed by atoms with E-state index in [1.54, 1.807) is 0 Å². The van der Waals surface area contributed by atoms with E-state index in [1.165, 1.54) is 51.6 Å². The zero-order valence-electron chi connectivity index (χ0n) is 12.0. The maximum absolute atomic E-state index is 12.2. The van der Waals surface area contributed by atoms with Crippen molar-refractivity contribution in [2.24, 2.45) is 5.92 Å². The molecule has 0 aromatic rings. The topological polar surface area (TPSA) is 23.6 Å². The largest absolute Gasteiger partial charge is 0.343 e. The van der Waals surface area contributed by atoms with Gasteiger partial charge in [-0.25, -0.2) is 0 Å². The summed E-state index contributed by atoms with van der Waals surface area (Å²) in [6.07, 6.45) is 8.31. The van der Waals surface area contributed by atoms with Gasteiger partial charge in [-0.1, -0.05) is 6.92 Å². The van der Waals surface area contributed by atoms with E-state index < -0.39 is 0 Å². The minimum atomic E-state index is 0.349. The summed E-state index contributed by atoms with van der Waals surface area (Å²) in [5.41, 5.74) is 0. The highest BCUT2D eigenvalue weighted by molar-refractivity contribution is 5.76. The normalized spacial score (nSPS) is 29.4. The van der Waals surface area contributed by atoms with Gasteiger partial charge in [0.05, 0.1) is 0 Å². The monoisotopic (exact) mass is 252 g/mol. The van der Waals surface area contributed by atoms with Crippen molar-refractivity contribution in [3.05, 3.63) is 0 Å². The third kappa shape index (κ3) is 3.71. The molecule has 0 aromatic carbocycles. The van der Waals surface area contributed by atoms with Gasteiger partial charge in [-0.3, -0.25) is 4.79 Å². The zero-order valence-corrected chi connectivity index (χ0v) is 12.0. The van der Waals surface area contributed by atoms with E-state index in [-0.39, 0.29) is 0 Å². The number of hydrogen-bond donors (Lipinski definition) is 0. The Morgan fingerprint density at radius 2 is 1.78 bits per heavy atom. The summed E-state index contributed by atoms with van der Waals surface area (Å²) in [6.45, 7) is 5.67. The van der Waals surface area contributed by atoms with Gasteiger partial charge in [0.15, 0.2) is 0 Å². The Kier molecular flexibility index (Phi) is 5.04. The Labute approximate surface area is 112 Å². The highest BCUT2D eigenvalue weighted by Gasteiger charge is 2.25. The lowest BCUT2D eigenvalue weighted by Crippen LogP contribution is -2.40. The second-order valence-electron chi connectivity index (χ2n) is 6.22. The van der Waals surface area contributed by atoms with Crippen molar-refractivity contribution in [3.63, 3.8) is 0 Å². The number of likely N-dealkylation sites (tertiary alicyclic amines) is 1. The summed E-state index contributed by atoms with van der Waals surface area (Å²) in [6, 6.07) is 0.507. The van der Waals surface area contributed by atoms with Crippen LogP contribution in [0.5, 0.6) is 0 Å². The first-order chi connectivity index (χ1) is 8.66. The average Bonchev–Trinajstić information content (AvgIpc) is 2.89. The van der Waals surface area contributed by atoms with Gasteiger partial charge in [0, 0.05) is 26.1 Å². The molecule has 0 N–H and O–H groups in total. The predicted octanol–water partition coefficient (Wildman–Crippen LogP) is 2.51. The van der Waals surface area contributed by atoms with E-state index in [9.17, 15) is 4.79 Å². The van der Waals surface area contributed by atoms with Crippen LogP contribution in [0.15, 0.2) is 0 Å². The van der Waals surface area contributed by atoms with Crippen molar-refractivity contribution in [2.45, 2.75) is 57.9 Å². The molecular weight excluding hydrogens is 224 g/mol. The molecule has 0 aromatic heterocycles. The number of rotatable bonds is 4. The van der Waals surface area contributed by atoms with Crippen LogP contribution >= 0.6 is 0 Å². The lowest BCUT2D eigenvalue weighted by atomic mass is 9.86. The number of nitrogens with zero attached hydrogens (tertiary/aromatic N) is 2. The highest BCUT2D eigenvalue weighted by Crippen LogP contribution is 2.26. The van der Waals surface area contributed by atoms with Gasteiger partial charge in [0.1, 0.15) is 0 Å². The molecule has 0 atom stereocenters. The SMILES string of the molecule is CN(C(=O)CCN1CCCC1)[C@H]1CC[C@H](C)CC1. The van der Waals surface area contributed by atoms with Crippen molar-refractivity contribution in [2.75, 3.05) is 26.7 Å². The molecule has 1 saturated heterocycles. The Bertz CT molecular complexity index is 266. The van der Waals surface area contributed by atoms with Crippen molar-refractivity contribution in [1.82, 2.24) is 9.80 Å². The summed E-state index contributed by atoms with van der Waals surface area (Å²) in [5, 5.41) is 0. The third-order valence-corrected chi connectivity index (χ3v) is 4.77. The van der Waals surface area contributed by atoms with Crippen molar-refractivity contribution in [3.8, 4) is 0 Å². The molecule has 18 heavy (non-hydrogen) atoms. The molecule has 0 bridgehead atoms. The Morgan fingerprint density at radius 3 is 2.39 bits per heavy atom. The van der Waals surface area contributed by atoms with Crippen LogP contribution in [-0.2, 0) is 4.79 Å². The van der Waals surface area contributed by atoms with Crippen LogP contribution in [0.3, 0.4) is 0 Å². The molecule has 104 valence electrons. The van der Waals surface area contributed by atoms with Crippen molar-refractivity contribution < 1.29 is 4.79 Å². The van der Waals surface area contributed by atoms with E-state index in [0.717, 1.165) is 12.5 Å². The van der Waals surface area contributed by atoms with Crippen LogP contribution in [0, 0.1) is 5.92 Å². The first-order valence-electron chi connectivity index (χ1n) is 7.65. The highest BCUT2D eigenvalue weighted by atomic mass is 16.2. The van der Waals surface area contributed by atoms with E-state index in [1.807, 2.05) is 11.9 Å². The van der Waals surface area contributed by atoms with Gasteiger partial charge in [-0.2, -0.15) is 0 Å². The van der Waals surface area contributed by atoms with Gasteiger partial charge in [-0.15, -0.1) is 0 Å². The van der Waals surface area contributed by atoms with Gasteiger partial charge < -0.3 is 9.80 Å². The number of carbonyl (C=O) groups is 1. The molecule has 2 fully saturated rings. The quantitative estimate of drug-likeness (QED) is 0.767. The minimum absolute atomic E-state index is 0.349. The lowest BCUT2D eigenvalue weighted by molar-refractivity contribution is -0.133. The number of carbonyl (C=O) groups excluding carboxylic acids is 1. The third-order valence-electron chi connectivity index (χ3n) is 4.77. The lowest BCUT2D eigenvalue weighted by Gasteiger charge is -2.34. The molecule has 0 unspecified atom stereocenters. The Balaban J connectivity index is 1.70. The molecular formula is C15H28N2O. The second-order valence-corrected chi connectivity index (χ2v) is 6.22. The van der Waals surface area contributed by atoms with E-state index >= 15 is 0 Å². The number of amides is 1. The Hall–Kier alpha value is -0.570. The molecule has 1 aliphatic heterocycles. The summed E-state index contributed by atoms with van der Waals surface area (Å²) >= 11 is 0. The maximum Gasteiger partial charge on any atom is 0.223 e. The maximum atomic E-state index is 12.2. The van der Waals surface area contributed by atoms with Gasteiger partial charge in [-0.05, 0) is 57.5 Å². The number of hydrogen-bond acceptors (Lipinski definition) is 2. The predicted molar refractivity (Wildman–Crippen MR) is 74.5 cm³/mol. The van der Waals surface area contributed by atoms with Crippen LogP contribution in [-0.4, -0.2) is 48.4 Å². The van der Waals surface area contributed by atoms with E-state index in [4.69, 9.17) is 0 Å². The summed E-state index contributed by atoms with van der Waals surface area (Å²) in [5.74, 6) is 1.20. The molecule has 1 amide bonds. The van der Waals surface area contributed by atoms with Gasteiger partial charge in [0.25, 0.3) is 0 Å². The summed E-state index contributed by atoms with van der Waals surface area (Å²) in [4.78, 5) is 16.6. The smallest absolute Gasteiger partial charge is 0.223 e. The summed E-state index contributed by atoms with van der Waals surface area (Å²) in [7, 11) is 2.01. The van der Waals surface area contributed by atoms with Crippen LogP contribution in [0.1, 0.15) is 51.9 Å². The molecule has 0 radical (unpaired) electrons. The first kappa shape index (κ1) is 13.9. The fourth-order valence-corrected chi connectivity index (χ4v) is 3.27. The molecule has 2 rings (SSSR count). The van der Waals surface area contributed by atoms with Gasteiger partial charge in [0.2, 0.25) is 5.91 Å². The van der Waals surface area contributed by atoms with Crippen LogP contribution in [0.25, 0.3) is 0 Å². The molecule has 1 aliphatic carbocycles. The first-order valence-corrected chi connectivity index (χ1v) is 7.65. The second kappa shape index (κ2) is 6.55. The zero-order chi connectivity index (χ0) is 13.0. The average molecular weight is 252 g/mol. The molecule has 1 saturated carbocycles. The Morgan fingerprint density at radius 1 is 1.17 bits per heavy atom.